The summed E-state index contributed by atoms with van der Waals surface area (Å²) in [6, 6.07) is 6.74. The van der Waals surface area contributed by atoms with E-state index in [1.54, 1.807) is 6.07 Å². The smallest absolute Gasteiger partial charge is 0.270 e. The molecule has 0 N–H and O–H groups in total. The molecule has 2 aliphatic rings. The Bertz CT molecular complexity index is 557. The second-order valence-corrected chi connectivity index (χ2v) is 5.86. The standard InChI is InChI=1S/C15H17N3O2/c16-8-13-7-14(18(19)20)5-6-15(13)17(9-11-1-2-11)10-12-3-4-12/h5-7,11-12H,1-4,9-10H2. The summed E-state index contributed by atoms with van der Waals surface area (Å²) in [5, 5.41) is 20.1. The highest BCUT2D eigenvalue weighted by Gasteiger charge is 2.30. The van der Waals surface area contributed by atoms with Gasteiger partial charge in [0, 0.05) is 25.2 Å². The molecule has 5 nitrogen and oxygen atoms in total. The first-order valence-electron chi connectivity index (χ1n) is 7.11. The third-order valence-electron chi connectivity index (χ3n) is 4.00. The molecule has 0 aromatic heterocycles. The topological polar surface area (TPSA) is 70.2 Å². The molecular formula is C15H17N3O2. The van der Waals surface area contributed by atoms with Crippen LogP contribution in [0.3, 0.4) is 0 Å². The summed E-state index contributed by atoms with van der Waals surface area (Å²) in [5.74, 6) is 1.46. The quantitative estimate of drug-likeness (QED) is 0.589. The van der Waals surface area contributed by atoms with E-state index in [2.05, 4.69) is 11.0 Å². The minimum Gasteiger partial charge on any atom is -0.370 e. The van der Waals surface area contributed by atoms with Crippen molar-refractivity contribution < 1.29 is 4.92 Å². The average molecular weight is 271 g/mol. The van der Waals surface area contributed by atoms with Crippen molar-refractivity contribution in [3.63, 3.8) is 0 Å². The number of benzene rings is 1. The van der Waals surface area contributed by atoms with E-state index >= 15 is 0 Å². The van der Waals surface area contributed by atoms with Gasteiger partial charge in [0.1, 0.15) is 6.07 Å². The van der Waals surface area contributed by atoms with Crippen molar-refractivity contribution in [2.45, 2.75) is 25.7 Å². The molecule has 2 saturated carbocycles. The first-order chi connectivity index (χ1) is 9.67. The highest BCUT2D eigenvalue weighted by molar-refractivity contribution is 5.63. The fourth-order valence-corrected chi connectivity index (χ4v) is 2.50. The first kappa shape index (κ1) is 12.9. The molecule has 2 aliphatic carbocycles. The van der Waals surface area contributed by atoms with Crippen molar-refractivity contribution in [2.75, 3.05) is 18.0 Å². The fourth-order valence-electron chi connectivity index (χ4n) is 2.50. The van der Waals surface area contributed by atoms with Crippen LogP contribution in [0.1, 0.15) is 31.2 Å². The van der Waals surface area contributed by atoms with Crippen LogP contribution in [-0.4, -0.2) is 18.0 Å². The summed E-state index contributed by atoms with van der Waals surface area (Å²) in [4.78, 5) is 12.6. The molecule has 0 heterocycles. The third kappa shape index (κ3) is 2.90. The molecule has 0 amide bonds. The number of rotatable bonds is 6. The SMILES string of the molecule is N#Cc1cc([N+](=O)[O-])ccc1N(CC1CC1)CC1CC1. The predicted octanol–water partition coefficient (Wildman–Crippen LogP) is 3.09. The summed E-state index contributed by atoms with van der Waals surface area (Å²) in [7, 11) is 0. The maximum atomic E-state index is 10.8. The zero-order valence-electron chi connectivity index (χ0n) is 11.3. The summed E-state index contributed by atoms with van der Waals surface area (Å²) < 4.78 is 0. The van der Waals surface area contributed by atoms with Crippen molar-refractivity contribution in [1.82, 2.24) is 0 Å². The lowest BCUT2D eigenvalue weighted by molar-refractivity contribution is -0.384. The van der Waals surface area contributed by atoms with Crippen molar-refractivity contribution >= 4 is 11.4 Å². The van der Waals surface area contributed by atoms with E-state index in [0.29, 0.717) is 5.56 Å². The molecule has 0 saturated heterocycles. The van der Waals surface area contributed by atoms with Gasteiger partial charge in [0.15, 0.2) is 0 Å². The Labute approximate surface area is 118 Å². The molecule has 1 aromatic carbocycles. The molecule has 1 aromatic rings. The number of hydrogen-bond acceptors (Lipinski definition) is 4. The van der Waals surface area contributed by atoms with Gasteiger partial charge in [0.2, 0.25) is 0 Å². The van der Waals surface area contributed by atoms with E-state index in [-0.39, 0.29) is 5.69 Å². The van der Waals surface area contributed by atoms with Crippen LogP contribution >= 0.6 is 0 Å². The van der Waals surface area contributed by atoms with Crippen LogP contribution in [0.5, 0.6) is 0 Å². The Morgan fingerprint density at radius 2 is 1.85 bits per heavy atom. The Kier molecular flexibility index (Phi) is 3.31. The van der Waals surface area contributed by atoms with Crippen LogP contribution in [0.4, 0.5) is 11.4 Å². The maximum absolute atomic E-state index is 10.8. The normalized spacial score (nSPS) is 17.6. The Balaban J connectivity index is 1.87. The minimum absolute atomic E-state index is 0.0110. The van der Waals surface area contributed by atoms with Gasteiger partial charge in [-0.25, -0.2) is 0 Å². The number of nitro benzene ring substituents is 1. The van der Waals surface area contributed by atoms with Crippen LogP contribution in [0.2, 0.25) is 0 Å². The van der Waals surface area contributed by atoms with Gasteiger partial charge >= 0.3 is 0 Å². The second-order valence-electron chi connectivity index (χ2n) is 5.86. The van der Waals surface area contributed by atoms with E-state index in [9.17, 15) is 15.4 Å². The lowest BCUT2D eigenvalue weighted by Crippen LogP contribution is -2.28. The third-order valence-corrected chi connectivity index (χ3v) is 4.00. The Hall–Kier alpha value is -2.09. The molecule has 0 spiro atoms. The summed E-state index contributed by atoms with van der Waals surface area (Å²) >= 11 is 0. The molecular weight excluding hydrogens is 254 g/mol. The van der Waals surface area contributed by atoms with E-state index < -0.39 is 4.92 Å². The Morgan fingerprint density at radius 1 is 1.25 bits per heavy atom. The molecule has 3 rings (SSSR count). The van der Waals surface area contributed by atoms with Gasteiger partial charge in [0.05, 0.1) is 16.2 Å². The van der Waals surface area contributed by atoms with Gasteiger partial charge in [-0.3, -0.25) is 10.1 Å². The molecule has 0 unspecified atom stereocenters. The van der Waals surface area contributed by atoms with Crippen LogP contribution in [0.15, 0.2) is 18.2 Å². The van der Waals surface area contributed by atoms with Gasteiger partial charge in [-0.1, -0.05) is 0 Å². The average Bonchev–Trinajstić information content (AvgIpc) is 3.32. The van der Waals surface area contributed by atoms with Crippen molar-refractivity contribution in [3.8, 4) is 6.07 Å². The zero-order chi connectivity index (χ0) is 14.1. The molecule has 0 aliphatic heterocycles. The van der Waals surface area contributed by atoms with Crippen molar-refractivity contribution in [2.24, 2.45) is 11.8 Å². The zero-order valence-corrected chi connectivity index (χ0v) is 11.3. The van der Waals surface area contributed by atoms with Gasteiger partial charge in [-0.2, -0.15) is 5.26 Å². The monoisotopic (exact) mass is 271 g/mol. The fraction of sp³-hybridized carbons (Fsp3) is 0.533. The molecule has 0 bridgehead atoms. The molecule has 104 valence electrons. The van der Waals surface area contributed by atoms with E-state index in [4.69, 9.17) is 0 Å². The van der Waals surface area contributed by atoms with Gasteiger partial charge in [0.25, 0.3) is 5.69 Å². The predicted molar refractivity (Wildman–Crippen MR) is 75.5 cm³/mol. The highest BCUT2D eigenvalue weighted by Crippen LogP contribution is 2.37. The van der Waals surface area contributed by atoms with Crippen molar-refractivity contribution in [1.29, 1.82) is 5.26 Å². The molecule has 2 fully saturated rings. The number of nitrogens with zero attached hydrogens (tertiary/aromatic N) is 3. The maximum Gasteiger partial charge on any atom is 0.270 e. The van der Waals surface area contributed by atoms with Crippen LogP contribution in [-0.2, 0) is 0 Å². The first-order valence-corrected chi connectivity index (χ1v) is 7.11. The second kappa shape index (κ2) is 5.12. The lowest BCUT2D eigenvalue weighted by Gasteiger charge is -2.25. The Morgan fingerprint density at radius 3 is 2.30 bits per heavy atom. The van der Waals surface area contributed by atoms with Gasteiger partial charge < -0.3 is 4.90 Å². The summed E-state index contributed by atoms with van der Waals surface area (Å²) in [5.41, 5.74) is 1.26. The number of nitriles is 1. The van der Waals surface area contributed by atoms with Crippen LogP contribution in [0, 0.1) is 33.3 Å². The number of non-ortho nitro benzene ring substituents is 1. The van der Waals surface area contributed by atoms with E-state index in [1.807, 2.05) is 0 Å². The lowest BCUT2D eigenvalue weighted by atomic mass is 10.1. The van der Waals surface area contributed by atoms with Gasteiger partial charge in [-0.05, 0) is 43.6 Å². The molecule has 20 heavy (non-hydrogen) atoms. The summed E-state index contributed by atoms with van der Waals surface area (Å²) in [6.07, 6.45) is 5.04. The molecule has 5 heteroatoms. The highest BCUT2D eigenvalue weighted by atomic mass is 16.6. The van der Waals surface area contributed by atoms with E-state index in [1.165, 1.54) is 37.8 Å². The number of hydrogen-bond donors (Lipinski definition) is 0. The van der Waals surface area contributed by atoms with Crippen molar-refractivity contribution in [3.05, 3.63) is 33.9 Å². The van der Waals surface area contributed by atoms with Crippen LogP contribution < -0.4 is 4.90 Å². The minimum atomic E-state index is -0.448. The molecule has 0 atom stereocenters. The van der Waals surface area contributed by atoms with Crippen LogP contribution in [0.25, 0.3) is 0 Å². The van der Waals surface area contributed by atoms with E-state index in [0.717, 1.165) is 30.6 Å². The number of anilines is 1. The molecule has 0 radical (unpaired) electrons. The summed E-state index contributed by atoms with van der Waals surface area (Å²) in [6.45, 7) is 1.95. The number of nitro groups is 1. The largest absolute Gasteiger partial charge is 0.370 e. The van der Waals surface area contributed by atoms with Gasteiger partial charge in [-0.15, -0.1) is 0 Å².